The van der Waals surface area contributed by atoms with Gasteiger partial charge < -0.3 is 10.1 Å². The van der Waals surface area contributed by atoms with Crippen molar-refractivity contribution in [3.8, 4) is 11.4 Å². The largest absolute Gasteiger partial charge is 0.392 e. The second-order valence-corrected chi connectivity index (χ2v) is 4.88. The highest BCUT2D eigenvalue weighted by molar-refractivity contribution is 5.95. The number of hydrogen-bond donors (Lipinski definition) is 3. The van der Waals surface area contributed by atoms with Gasteiger partial charge in [-0.3, -0.25) is 5.10 Å². The molecular weight excluding hydrogens is 250 g/mol. The molecule has 4 aromatic rings. The summed E-state index contributed by atoms with van der Waals surface area (Å²) in [6, 6.07) is 16.0. The Bertz CT molecular complexity index is 904. The Balaban J connectivity index is 1.93. The number of para-hydroxylation sites is 1. The Morgan fingerprint density at radius 2 is 1.90 bits per heavy atom. The van der Waals surface area contributed by atoms with Gasteiger partial charge in [0.25, 0.3) is 0 Å². The fraction of sp³-hybridized carbons (Fsp3) is 0.0625. The quantitative estimate of drug-likeness (QED) is 0.520. The van der Waals surface area contributed by atoms with Crippen LogP contribution in [0.1, 0.15) is 5.56 Å². The highest BCUT2D eigenvalue weighted by atomic mass is 16.3. The summed E-state index contributed by atoms with van der Waals surface area (Å²) in [6.45, 7) is 0.0573. The fourth-order valence-electron chi connectivity index (χ4n) is 2.58. The molecule has 2 heterocycles. The molecule has 0 aliphatic rings. The van der Waals surface area contributed by atoms with Gasteiger partial charge >= 0.3 is 0 Å². The maximum absolute atomic E-state index is 9.20. The second-order valence-electron chi connectivity index (χ2n) is 4.88. The maximum atomic E-state index is 9.20. The first-order valence-electron chi connectivity index (χ1n) is 6.51. The zero-order valence-corrected chi connectivity index (χ0v) is 10.7. The summed E-state index contributed by atoms with van der Waals surface area (Å²) >= 11 is 0. The number of aliphatic hydroxyl groups is 1. The number of hydrogen-bond acceptors (Lipinski definition) is 2. The Kier molecular flexibility index (Phi) is 2.37. The van der Waals surface area contributed by atoms with E-state index in [0.717, 1.165) is 38.8 Å². The van der Waals surface area contributed by atoms with E-state index >= 15 is 0 Å². The summed E-state index contributed by atoms with van der Waals surface area (Å²) in [7, 11) is 0. The molecule has 98 valence electrons. The van der Waals surface area contributed by atoms with Crippen LogP contribution < -0.4 is 0 Å². The van der Waals surface area contributed by atoms with Crippen molar-refractivity contribution < 1.29 is 5.11 Å². The van der Waals surface area contributed by atoms with Crippen molar-refractivity contribution in [3.63, 3.8) is 0 Å². The van der Waals surface area contributed by atoms with E-state index in [1.807, 2.05) is 36.4 Å². The lowest BCUT2D eigenvalue weighted by Crippen LogP contribution is -1.80. The molecule has 0 saturated heterocycles. The molecule has 0 fully saturated rings. The minimum atomic E-state index is 0.0573. The van der Waals surface area contributed by atoms with E-state index in [4.69, 9.17) is 0 Å². The molecule has 2 aromatic heterocycles. The van der Waals surface area contributed by atoms with E-state index in [1.54, 1.807) is 0 Å². The molecule has 0 amide bonds. The third kappa shape index (κ3) is 1.62. The molecule has 0 aliphatic heterocycles. The zero-order valence-electron chi connectivity index (χ0n) is 10.7. The molecule has 2 aromatic carbocycles. The molecule has 20 heavy (non-hydrogen) atoms. The number of aromatic nitrogens is 3. The van der Waals surface area contributed by atoms with E-state index in [1.165, 1.54) is 0 Å². The van der Waals surface area contributed by atoms with Gasteiger partial charge in [-0.25, -0.2) is 0 Å². The van der Waals surface area contributed by atoms with Crippen molar-refractivity contribution in [2.24, 2.45) is 0 Å². The van der Waals surface area contributed by atoms with E-state index in [-0.39, 0.29) is 6.61 Å². The molecule has 4 rings (SSSR count). The van der Waals surface area contributed by atoms with Crippen LogP contribution in [0.3, 0.4) is 0 Å². The van der Waals surface area contributed by atoms with Crippen molar-refractivity contribution in [2.75, 3.05) is 0 Å². The SMILES string of the molecule is OCc1ccc2[nH]c(-c3n[nH]c4ccccc34)cc2c1. The Morgan fingerprint density at radius 3 is 2.80 bits per heavy atom. The second kappa shape index (κ2) is 4.21. The van der Waals surface area contributed by atoms with Gasteiger partial charge in [0.05, 0.1) is 17.8 Å². The van der Waals surface area contributed by atoms with Crippen LogP contribution in [0.5, 0.6) is 0 Å². The molecule has 0 unspecified atom stereocenters. The molecule has 0 bridgehead atoms. The number of rotatable bonds is 2. The van der Waals surface area contributed by atoms with Crippen molar-refractivity contribution in [2.45, 2.75) is 6.61 Å². The number of H-pyrrole nitrogens is 2. The van der Waals surface area contributed by atoms with E-state index in [0.29, 0.717) is 0 Å². The lowest BCUT2D eigenvalue weighted by atomic mass is 10.1. The molecule has 0 saturated carbocycles. The van der Waals surface area contributed by atoms with Crippen LogP contribution in [0.4, 0.5) is 0 Å². The number of benzene rings is 2. The van der Waals surface area contributed by atoms with Gasteiger partial charge in [-0.1, -0.05) is 24.3 Å². The number of nitrogens with one attached hydrogen (secondary N) is 2. The Labute approximate surface area is 115 Å². The van der Waals surface area contributed by atoms with Gasteiger partial charge in [0, 0.05) is 16.3 Å². The highest BCUT2D eigenvalue weighted by Gasteiger charge is 2.10. The minimum absolute atomic E-state index is 0.0573. The molecule has 0 aliphatic carbocycles. The zero-order chi connectivity index (χ0) is 13.5. The van der Waals surface area contributed by atoms with Crippen LogP contribution in [0.25, 0.3) is 33.2 Å². The first-order chi connectivity index (χ1) is 9.85. The minimum Gasteiger partial charge on any atom is -0.392 e. The van der Waals surface area contributed by atoms with Gasteiger partial charge in [0.2, 0.25) is 0 Å². The summed E-state index contributed by atoms with van der Waals surface area (Å²) < 4.78 is 0. The first-order valence-corrected chi connectivity index (χ1v) is 6.51. The Morgan fingerprint density at radius 1 is 1.00 bits per heavy atom. The molecule has 0 spiro atoms. The van der Waals surface area contributed by atoms with Crippen molar-refractivity contribution in [1.82, 2.24) is 15.2 Å². The standard InChI is InChI=1S/C16H13N3O/c20-9-10-5-6-13-11(7-10)8-15(17-13)16-12-3-1-2-4-14(12)18-19-16/h1-8,17,20H,9H2,(H,18,19). The smallest absolute Gasteiger partial charge is 0.116 e. The maximum Gasteiger partial charge on any atom is 0.116 e. The molecule has 3 N–H and O–H groups in total. The van der Waals surface area contributed by atoms with E-state index < -0.39 is 0 Å². The number of aliphatic hydroxyl groups excluding tert-OH is 1. The molecule has 0 radical (unpaired) electrons. The Hall–Kier alpha value is -2.59. The number of nitrogens with zero attached hydrogens (tertiary/aromatic N) is 1. The summed E-state index contributed by atoms with van der Waals surface area (Å²) in [4.78, 5) is 3.38. The molecule has 4 nitrogen and oxygen atoms in total. The summed E-state index contributed by atoms with van der Waals surface area (Å²) in [5.74, 6) is 0. The van der Waals surface area contributed by atoms with Crippen molar-refractivity contribution in [1.29, 1.82) is 0 Å². The van der Waals surface area contributed by atoms with Crippen LogP contribution in [-0.4, -0.2) is 20.3 Å². The van der Waals surface area contributed by atoms with Gasteiger partial charge in [-0.15, -0.1) is 0 Å². The number of fused-ring (bicyclic) bond motifs is 2. The van der Waals surface area contributed by atoms with Gasteiger partial charge in [-0.2, -0.15) is 5.10 Å². The van der Waals surface area contributed by atoms with Gasteiger partial charge in [0.15, 0.2) is 0 Å². The molecule has 0 atom stereocenters. The topological polar surface area (TPSA) is 64.7 Å². The fourth-order valence-corrected chi connectivity index (χ4v) is 2.58. The van der Waals surface area contributed by atoms with Crippen LogP contribution in [0.15, 0.2) is 48.5 Å². The van der Waals surface area contributed by atoms with Crippen molar-refractivity contribution in [3.05, 3.63) is 54.1 Å². The highest BCUT2D eigenvalue weighted by Crippen LogP contribution is 2.28. The van der Waals surface area contributed by atoms with E-state index in [2.05, 4.69) is 27.3 Å². The summed E-state index contributed by atoms with van der Waals surface area (Å²) in [6.07, 6.45) is 0. The third-order valence-electron chi connectivity index (χ3n) is 3.59. The summed E-state index contributed by atoms with van der Waals surface area (Å²) in [5, 5.41) is 18.8. The normalized spacial score (nSPS) is 11.4. The van der Waals surface area contributed by atoms with E-state index in [9.17, 15) is 5.11 Å². The molecule has 4 heteroatoms. The van der Waals surface area contributed by atoms with Crippen molar-refractivity contribution >= 4 is 21.8 Å². The lowest BCUT2D eigenvalue weighted by molar-refractivity contribution is 0.282. The average Bonchev–Trinajstić information content (AvgIpc) is 3.09. The monoisotopic (exact) mass is 263 g/mol. The summed E-state index contributed by atoms with van der Waals surface area (Å²) in [5.41, 5.74) is 4.88. The van der Waals surface area contributed by atoms with Crippen LogP contribution in [0.2, 0.25) is 0 Å². The predicted octanol–water partition coefficient (Wildman–Crippen LogP) is 3.20. The van der Waals surface area contributed by atoms with Crippen LogP contribution in [-0.2, 0) is 6.61 Å². The van der Waals surface area contributed by atoms with Gasteiger partial charge in [-0.05, 0) is 29.8 Å². The lowest BCUT2D eigenvalue weighted by Gasteiger charge is -1.94. The number of aromatic amines is 2. The molecular formula is C16H13N3O. The average molecular weight is 263 g/mol. The van der Waals surface area contributed by atoms with Crippen LogP contribution >= 0.6 is 0 Å². The first kappa shape index (κ1) is 11.3. The third-order valence-corrected chi connectivity index (χ3v) is 3.59. The van der Waals surface area contributed by atoms with Gasteiger partial charge in [0.1, 0.15) is 5.69 Å². The van der Waals surface area contributed by atoms with Crippen LogP contribution in [0, 0.1) is 0 Å². The predicted molar refractivity (Wildman–Crippen MR) is 79.3 cm³/mol.